The van der Waals surface area contributed by atoms with Gasteiger partial charge in [-0.25, -0.2) is 0 Å². The average Bonchev–Trinajstić information content (AvgIpc) is 3.13. The zero-order valence-electron chi connectivity index (χ0n) is 14.3. The van der Waals surface area contributed by atoms with E-state index in [1.54, 1.807) is 48.5 Å². The number of aromatic nitrogens is 2. The maximum absolute atomic E-state index is 12.6. The Bertz CT molecular complexity index is 1120. The Kier molecular flexibility index (Phi) is 4.37. The fourth-order valence-electron chi connectivity index (χ4n) is 2.79. The number of rotatable bonds is 4. The summed E-state index contributed by atoms with van der Waals surface area (Å²) in [5.74, 6) is -0.531. The Balaban J connectivity index is 1.51. The number of nitrogens with zero attached hydrogens (tertiary/aromatic N) is 1. The molecule has 132 valence electrons. The molecule has 0 radical (unpaired) electrons. The number of nitrogens with one attached hydrogen (secondary N) is 3. The number of aromatic amines is 1. The molecule has 4 rings (SSSR count). The summed E-state index contributed by atoms with van der Waals surface area (Å²) < 4.78 is 0. The van der Waals surface area contributed by atoms with E-state index in [-0.39, 0.29) is 11.8 Å². The Morgan fingerprint density at radius 1 is 0.741 bits per heavy atom. The van der Waals surface area contributed by atoms with Crippen molar-refractivity contribution in [1.29, 1.82) is 0 Å². The van der Waals surface area contributed by atoms with Crippen molar-refractivity contribution in [2.75, 3.05) is 10.6 Å². The summed E-state index contributed by atoms with van der Waals surface area (Å²) in [6, 6.07) is 23.4. The molecular weight excluding hydrogens is 340 g/mol. The van der Waals surface area contributed by atoms with Crippen LogP contribution in [-0.4, -0.2) is 22.0 Å². The lowest BCUT2D eigenvalue weighted by Gasteiger charge is -2.08. The van der Waals surface area contributed by atoms with E-state index in [1.165, 1.54) is 0 Å². The molecule has 0 unspecified atom stereocenters. The van der Waals surface area contributed by atoms with Crippen LogP contribution in [0.25, 0.3) is 10.9 Å². The molecule has 0 aliphatic carbocycles. The van der Waals surface area contributed by atoms with E-state index >= 15 is 0 Å². The van der Waals surface area contributed by atoms with Crippen LogP contribution >= 0.6 is 0 Å². The largest absolute Gasteiger partial charge is 0.322 e. The van der Waals surface area contributed by atoms with E-state index in [2.05, 4.69) is 20.8 Å². The summed E-state index contributed by atoms with van der Waals surface area (Å²) in [5.41, 5.74) is 2.84. The van der Waals surface area contributed by atoms with Gasteiger partial charge in [0.25, 0.3) is 11.8 Å². The van der Waals surface area contributed by atoms with Crippen molar-refractivity contribution in [3.8, 4) is 0 Å². The molecule has 4 aromatic rings. The van der Waals surface area contributed by atoms with E-state index in [9.17, 15) is 9.59 Å². The second kappa shape index (κ2) is 7.13. The molecule has 0 aliphatic heterocycles. The van der Waals surface area contributed by atoms with Gasteiger partial charge in [0.2, 0.25) is 0 Å². The second-order valence-electron chi connectivity index (χ2n) is 5.97. The van der Waals surface area contributed by atoms with Crippen molar-refractivity contribution in [3.05, 3.63) is 90.1 Å². The molecule has 3 aromatic carbocycles. The first kappa shape index (κ1) is 16.5. The highest BCUT2D eigenvalue weighted by Gasteiger charge is 2.14. The molecule has 6 heteroatoms. The predicted molar refractivity (Wildman–Crippen MR) is 105 cm³/mol. The first-order valence-electron chi connectivity index (χ1n) is 8.41. The van der Waals surface area contributed by atoms with Crippen molar-refractivity contribution in [3.63, 3.8) is 0 Å². The maximum Gasteiger partial charge on any atom is 0.276 e. The van der Waals surface area contributed by atoms with E-state index < -0.39 is 0 Å². The monoisotopic (exact) mass is 356 g/mol. The van der Waals surface area contributed by atoms with Crippen molar-refractivity contribution in [2.24, 2.45) is 0 Å². The third-order valence-corrected chi connectivity index (χ3v) is 4.10. The molecule has 27 heavy (non-hydrogen) atoms. The standard InChI is InChI=1S/C21H16N4O2/c26-20(14-7-2-1-3-8-14)22-15-9-6-10-16(13-15)23-21(27)19-17-11-4-5-12-18(17)24-25-19/h1-13H,(H,22,26)(H,23,27)(H,24,25). The van der Waals surface area contributed by atoms with E-state index in [4.69, 9.17) is 0 Å². The number of para-hydroxylation sites is 1. The number of hydrogen-bond donors (Lipinski definition) is 3. The number of hydrogen-bond acceptors (Lipinski definition) is 3. The Morgan fingerprint density at radius 2 is 1.41 bits per heavy atom. The van der Waals surface area contributed by atoms with Gasteiger partial charge >= 0.3 is 0 Å². The minimum Gasteiger partial charge on any atom is -0.322 e. The molecular formula is C21H16N4O2. The average molecular weight is 356 g/mol. The SMILES string of the molecule is O=C(Nc1cccc(NC(=O)c2n[nH]c3ccccc23)c1)c1ccccc1. The number of carbonyl (C=O) groups is 2. The van der Waals surface area contributed by atoms with E-state index in [1.807, 2.05) is 30.3 Å². The Morgan fingerprint density at radius 3 is 2.19 bits per heavy atom. The molecule has 0 saturated carbocycles. The molecule has 2 amide bonds. The highest BCUT2D eigenvalue weighted by molar-refractivity contribution is 6.11. The lowest BCUT2D eigenvalue weighted by Crippen LogP contribution is -2.14. The zero-order chi connectivity index (χ0) is 18.6. The van der Waals surface area contributed by atoms with Gasteiger partial charge in [-0.1, -0.05) is 42.5 Å². The third-order valence-electron chi connectivity index (χ3n) is 4.10. The molecule has 0 spiro atoms. The lowest BCUT2D eigenvalue weighted by atomic mass is 10.2. The minimum absolute atomic E-state index is 0.211. The van der Waals surface area contributed by atoms with Crippen molar-refractivity contribution >= 4 is 34.1 Å². The topological polar surface area (TPSA) is 86.9 Å². The van der Waals surface area contributed by atoms with Crippen LogP contribution in [0.15, 0.2) is 78.9 Å². The van der Waals surface area contributed by atoms with Gasteiger partial charge < -0.3 is 10.6 Å². The molecule has 0 atom stereocenters. The van der Waals surface area contributed by atoms with E-state index in [0.717, 1.165) is 10.9 Å². The first-order chi connectivity index (χ1) is 13.2. The van der Waals surface area contributed by atoms with Crippen molar-refractivity contribution in [2.45, 2.75) is 0 Å². The summed E-state index contributed by atoms with van der Waals surface area (Å²) >= 11 is 0. The summed E-state index contributed by atoms with van der Waals surface area (Å²) in [5, 5.41) is 13.3. The fourth-order valence-corrected chi connectivity index (χ4v) is 2.79. The summed E-state index contributed by atoms with van der Waals surface area (Å²) in [4.78, 5) is 24.8. The maximum atomic E-state index is 12.6. The summed E-state index contributed by atoms with van der Waals surface area (Å²) in [6.45, 7) is 0. The van der Waals surface area contributed by atoms with Crippen molar-refractivity contribution < 1.29 is 9.59 Å². The molecule has 0 bridgehead atoms. The van der Waals surface area contributed by atoms with Crippen LogP contribution in [0.2, 0.25) is 0 Å². The third kappa shape index (κ3) is 3.55. The number of carbonyl (C=O) groups excluding carboxylic acids is 2. The van der Waals surface area contributed by atoms with Gasteiger partial charge in [0, 0.05) is 22.3 Å². The first-order valence-corrected chi connectivity index (χ1v) is 8.41. The van der Waals surface area contributed by atoms with E-state index in [0.29, 0.717) is 22.6 Å². The summed E-state index contributed by atoms with van der Waals surface area (Å²) in [7, 11) is 0. The fraction of sp³-hybridized carbons (Fsp3) is 0. The van der Waals surface area contributed by atoms with Crippen LogP contribution in [0.4, 0.5) is 11.4 Å². The van der Waals surface area contributed by atoms with Crippen LogP contribution in [0.1, 0.15) is 20.8 Å². The molecule has 6 nitrogen and oxygen atoms in total. The smallest absolute Gasteiger partial charge is 0.276 e. The van der Waals surface area contributed by atoms with Gasteiger partial charge in [-0.3, -0.25) is 14.7 Å². The zero-order valence-corrected chi connectivity index (χ0v) is 14.3. The van der Waals surface area contributed by atoms with Crippen LogP contribution < -0.4 is 10.6 Å². The van der Waals surface area contributed by atoms with Gasteiger partial charge in [0.1, 0.15) is 0 Å². The van der Waals surface area contributed by atoms with Gasteiger partial charge in [-0.15, -0.1) is 0 Å². The number of anilines is 2. The normalized spacial score (nSPS) is 10.5. The second-order valence-corrected chi connectivity index (χ2v) is 5.97. The molecule has 3 N–H and O–H groups in total. The molecule has 0 saturated heterocycles. The number of benzene rings is 3. The number of fused-ring (bicyclic) bond motifs is 1. The van der Waals surface area contributed by atoms with Crippen molar-refractivity contribution in [1.82, 2.24) is 10.2 Å². The molecule has 1 aromatic heterocycles. The van der Waals surface area contributed by atoms with Crippen LogP contribution in [0, 0.1) is 0 Å². The van der Waals surface area contributed by atoms with Crippen LogP contribution in [-0.2, 0) is 0 Å². The van der Waals surface area contributed by atoms with Crippen LogP contribution in [0.5, 0.6) is 0 Å². The predicted octanol–water partition coefficient (Wildman–Crippen LogP) is 4.07. The Labute approximate surface area is 155 Å². The minimum atomic E-state index is -0.320. The summed E-state index contributed by atoms with van der Waals surface area (Å²) in [6.07, 6.45) is 0. The van der Waals surface area contributed by atoms with Gasteiger partial charge in [-0.05, 0) is 36.4 Å². The number of H-pyrrole nitrogens is 1. The molecule has 1 heterocycles. The lowest BCUT2D eigenvalue weighted by molar-refractivity contribution is 0.101. The van der Waals surface area contributed by atoms with Gasteiger partial charge in [0.15, 0.2) is 5.69 Å². The highest BCUT2D eigenvalue weighted by Crippen LogP contribution is 2.19. The molecule has 0 aliphatic rings. The highest BCUT2D eigenvalue weighted by atomic mass is 16.2. The quantitative estimate of drug-likeness (QED) is 0.515. The van der Waals surface area contributed by atoms with Gasteiger partial charge in [-0.2, -0.15) is 5.10 Å². The van der Waals surface area contributed by atoms with Gasteiger partial charge in [0.05, 0.1) is 5.52 Å². The van der Waals surface area contributed by atoms with Crippen LogP contribution in [0.3, 0.4) is 0 Å². The number of amides is 2. The Hall–Kier alpha value is -3.93. The molecule has 0 fully saturated rings.